The summed E-state index contributed by atoms with van der Waals surface area (Å²) in [6.45, 7) is 1.82. The predicted molar refractivity (Wildman–Crippen MR) is 139 cm³/mol. The van der Waals surface area contributed by atoms with Crippen LogP contribution in [0.4, 0.5) is 23.2 Å². The van der Waals surface area contributed by atoms with E-state index < -0.39 is 50.1 Å². The number of anilines is 1. The molecule has 0 saturated heterocycles. The van der Waals surface area contributed by atoms with Crippen LogP contribution in [0.2, 0.25) is 0 Å². The molecule has 0 amide bonds. The lowest BCUT2D eigenvalue weighted by molar-refractivity contribution is -0.138. The molecule has 0 radical (unpaired) electrons. The number of aryl methyl sites for hydroxylation is 1. The van der Waals surface area contributed by atoms with Gasteiger partial charge in [0.2, 0.25) is 0 Å². The maximum atomic E-state index is 15.0. The number of H-pyrrole nitrogens is 1. The van der Waals surface area contributed by atoms with Crippen molar-refractivity contribution in [1.82, 2.24) is 19.7 Å². The Hall–Kier alpha value is -4.07. The van der Waals surface area contributed by atoms with Crippen LogP contribution in [0.3, 0.4) is 0 Å². The summed E-state index contributed by atoms with van der Waals surface area (Å²) in [6, 6.07) is 6.91. The van der Waals surface area contributed by atoms with Gasteiger partial charge in [-0.15, -0.1) is 0 Å². The largest absolute Gasteiger partial charge is 0.423 e. The lowest BCUT2D eigenvalue weighted by atomic mass is 10.0. The molecule has 2 atom stereocenters. The number of benzene rings is 1. The standard InChI is InChI=1S/C25H24F4N6O3S/c1-14(33-20-13-32-34-23(36)22(20)25(27,28)29)4-3-8-35-9-7-15-10-16(11-18(26)21(15)24(35)37)19-6-5-17(12-31-19)39(2,30)38/h5-7,9-14,30H,3-4,8H2,1-2H3,(H2,33,34,36). The molecule has 39 heavy (non-hydrogen) atoms. The second-order valence-electron chi connectivity index (χ2n) is 9.13. The third-order valence-corrected chi connectivity index (χ3v) is 7.23. The molecule has 0 aliphatic heterocycles. The highest BCUT2D eigenvalue weighted by molar-refractivity contribution is 7.91. The van der Waals surface area contributed by atoms with E-state index in [-0.39, 0.29) is 16.8 Å². The average Bonchev–Trinajstić information content (AvgIpc) is 2.84. The van der Waals surface area contributed by atoms with Gasteiger partial charge in [0.25, 0.3) is 11.1 Å². The number of pyridine rings is 2. The van der Waals surface area contributed by atoms with Crippen molar-refractivity contribution < 1.29 is 21.8 Å². The van der Waals surface area contributed by atoms with Crippen molar-refractivity contribution in [2.75, 3.05) is 11.6 Å². The summed E-state index contributed by atoms with van der Waals surface area (Å²) in [6.07, 6.45) is 0.848. The molecule has 0 saturated carbocycles. The summed E-state index contributed by atoms with van der Waals surface area (Å²) in [7, 11) is -2.94. The molecule has 2 unspecified atom stereocenters. The van der Waals surface area contributed by atoms with E-state index in [9.17, 15) is 27.0 Å². The summed E-state index contributed by atoms with van der Waals surface area (Å²) in [5, 5.41) is 8.09. The van der Waals surface area contributed by atoms with Crippen molar-refractivity contribution in [2.24, 2.45) is 0 Å². The highest BCUT2D eigenvalue weighted by atomic mass is 32.2. The second-order valence-corrected chi connectivity index (χ2v) is 11.3. The summed E-state index contributed by atoms with van der Waals surface area (Å²) in [5.74, 6) is -0.746. The van der Waals surface area contributed by atoms with Crippen molar-refractivity contribution in [3.63, 3.8) is 0 Å². The molecule has 0 fully saturated rings. The number of nitrogens with one attached hydrogen (secondary N) is 3. The Balaban J connectivity index is 1.48. The maximum Gasteiger partial charge on any atom is 0.423 e. The van der Waals surface area contributed by atoms with E-state index in [2.05, 4.69) is 15.4 Å². The molecule has 0 bridgehead atoms. The fraction of sp³-hybridized carbons (Fsp3) is 0.280. The van der Waals surface area contributed by atoms with Crippen molar-refractivity contribution in [3.05, 3.63) is 81.0 Å². The van der Waals surface area contributed by atoms with Gasteiger partial charge in [0.05, 0.1) is 37.6 Å². The SMILES string of the molecule is CC(CCCn1ccc2cc(-c3ccc(S(C)(=N)=O)cn3)cc(F)c2c1=O)Nc1cn[nH]c(=O)c1C(F)(F)F. The van der Waals surface area contributed by atoms with Crippen LogP contribution in [0.1, 0.15) is 25.3 Å². The first kappa shape index (κ1) is 28.0. The molecule has 9 nitrogen and oxygen atoms in total. The molecule has 0 aliphatic carbocycles. The number of hydrogen-bond acceptors (Lipinski definition) is 7. The lowest BCUT2D eigenvalue weighted by Crippen LogP contribution is -2.27. The molecular formula is C25H24F4N6O3S. The molecule has 14 heteroatoms. The Morgan fingerprint density at radius 1 is 1.18 bits per heavy atom. The van der Waals surface area contributed by atoms with Crippen LogP contribution in [0.5, 0.6) is 0 Å². The van der Waals surface area contributed by atoms with Gasteiger partial charge in [-0.1, -0.05) is 0 Å². The highest BCUT2D eigenvalue weighted by Gasteiger charge is 2.37. The normalized spacial score (nSPS) is 14.2. The van der Waals surface area contributed by atoms with Gasteiger partial charge in [0.15, 0.2) is 0 Å². The van der Waals surface area contributed by atoms with Crippen molar-refractivity contribution in [3.8, 4) is 11.3 Å². The van der Waals surface area contributed by atoms with Crippen LogP contribution < -0.4 is 16.4 Å². The van der Waals surface area contributed by atoms with Crippen molar-refractivity contribution in [1.29, 1.82) is 4.78 Å². The number of rotatable bonds is 8. The molecule has 3 N–H and O–H groups in total. The molecule has 0 aliphatic rings. The number of aromatic amines is 1. The maximum absolute atomic E-state index is 15.0. The fourth-order valence-electron chi connectivity index (χ4n) is 4.17. The Kier molecular flexibility index (Phi) is 7.59. The van der Waals surface area contributed by atoms with Crippen LogP contribution in [0.15, 0.2) is 63.4 Å². The topological polar surface area (TPSA) is 134 Å². The Labute approximate surface area is 219 Å². The quantitative estimate of drug-likeness (QED) is 0.268. The van der Waals surface area contributed by atoms with Crippen LogP contribution in [0.25, 0.3) is 22.0 Å². The minimum Gasteiger partial charge on any atom is -0.381 e. The van der Waals surface area contributed by atoms with E-state index in [0.29, 0.717) is 29.5 Å². The fourth-order valence-corrected chi connectivity index (χ4v) is 4.75. The van der Waals surface area contributed by atoms with Crippen molar-refractivity contribution in [2.45, 2.75) is 43.4 Å². The molecule has 1 aromatic carbocycles. The van der Waals surface area contributed by atoms with Gasteiger partial charge in [-0.25, -0.2) is 18.5 Å². The van der Waals surface area contributed by atoms with Gasteiger partial charge in [-0.3, -0.25) is 14.6 Å². The molecule has 4 aromatic rings. The Morgan fingerprint density at radius 2 is 1.92 bits per heavy atom. The Morgan fingerprint density at radius 3 is 2.56 bits per heavy atom. The van der Waals surface area contributed by atoms with E-state index in [1.165, 1.54) is 41.4 Å². The van der Waals surface area contributed by atoms with E-state index in [1.54, 1.807) is 24.2 Å². The second kappa shape index (κ2) is 10.6. The third-order valence-electron chi connectivity index (χ3n) is 6.09. The summed E-state index contributed by atoms with van der Waals surface area (Å²) < 4.78 is 75.6. The lowest BCUT2D eigenvalue weighted by Gasteiger charge is -2.18. The van der Waals surface area contributed by atoms with Gasteiger partial charge in [-0.2, -0.15) is 18.3 Å². The first-order valence-electron chi connectivity index (χ1n) is 11.7. The van der Waals surface area contributed by atoms with Gasteiger partial charge in [-0.05, 0) is 55.5 Å². The first-order chi connectivity index (χ1) is 18.3. The molecule has 3 heterocycles. The van der Waals surface area contributed by atoms with E-state index in [0.717, 1.165) is 6.20 Å². The van der Waals surface area contributed by atoms with E-state index >= 15 is 4.39 Å². The van der Waals surface area contributed by atoms with E-state index in [4.69, 9.17) is 4.78 Å². The van der Waals surface area contributed by atoms with Crippen LogP contribution >= 0.6 is 0 Å². The van der Waals surface area contributed by atoms with Gasteiger partial charge in [0.1, 0.15) is 11.4 Å². The summed E-state index contributed by atoms with van der Waals surface area (Å²) >= 11 is 0. The minimum atomic E-state index is -4.86. The van der Waals surface area contributed by atoms with Gasteiger partial charge >= 0.3 is 6.18 Å². The zero-order valence-corrected chi connectivity index (χ0v) is 21.6. The minimum absolute atomic E-state index is 0.115. The Bertz CT molecular complexity index is 1750. The zero-order valence-electron chi connectivity index (χ0n) is 20.8. The van der Waals surface area contributed by atoms with Crippen LogP contribution in [-0.2, 0) is 22.5 Å². The molecule has 206 valence electrons. The highest BCUT2D eigenvalue weighted by Crippen LogP contribution is 2.32. The predicted octanol–water partition coefficient (Wildman–Crippen LogP) is 4.62. The van der Waals surface area contributed by atoms with Crippen molar-refractivity contribution >= 4 is 26.2 Å². The number of halogens is 4. The van der Waals surface area contributed by atoms with Gasteiger partial charge < -0.3 is 9.88 Å². The number of nitrogens with zero attached hydrogens (tertiary/aromatic N) is 3. The third kappa shape index (κ3) is 6.16. The van der Waals surface area contributed by atoms with E-state index in [1.807, 2.05) is 0 Å². The van der Waals surface area contributed by atoms with Crippen LogP contribution in [-0.4, -0.2) is 36.3 Å². The van der Waals surface area contributed by atoms with Crippen LogP contribution in [0, 0.1) is 10.6 Å². The zero-order chi connectivity index (χ0) is 28.5. The molecule has 3 aromatic heterocycles. The molecular weight excluding hydrogens is 540 g/mol. The monoisotopic (exact) mass is 564 g/mol. The number of alkyl halides is 3. The average molecular weight is 565 g/mol. The first-order valence-corrected chi connectivity index (χ1v) is 13.7. The molecule has 4 rings (SSSR count). The number of hydrogen-bond donors (Lipinski definition) is 3. The number of aromatic nitrogens is 4. The number of fused-ring (bicyclic) bond motifs is 1. The smallest absolute Gasteiger partial charge is 0.381 e. The molecule has 0 spiro atoms. The summed E-state index contributed by atoms with van der Waals surface area (Å²) in [5.41, 5.74) is -2.91. The summed E-state index contributed by atoms with van der Waals surface area (Å²) in [4.78, 5) is 29.0. The van der Waals surface area contributed by atoms with Gasteiger partial charge in [0, 0.05) is 36.8 Å².